The van der Waals surface area contributed by atoms with Crippen LogP contribution in [-0.4, -0.2) is 34.3 Å². The summed E-state index contributed by atoms with van der Waals surface area (Å²) in [7, 11) is 0. The van der Waals surface area contributed by atoms with Gasteiger partial charge in [-0.3, -0.25) is 14.9 Å². The van der Waals surface area contributed by atoms with Crippen LogP contribution >= 0.6 is 0 Å². The van der Waals surface area contributed by atoms with Gasteiger partial charge in [0.25, 0.3) is 11.6 Å². The maximum atomic E-state index is 12.6. The fraction of sp³-hybridized carbons (Fsp3) is 0.0455. The topological polar surface area (TPSA) is 131 Å². The van der Waals surface area contributed by atoms with E-state index in [1.165, 1.54) is 36.4 Å². The summed E-state index contributed by atoms with van der Waals surface area (Å²) in [6.45, 7) is -0.274. The number of anilines is 1. The fourth-order valence-corrected chi connectivity index (χ4v) is 2.71. The minimum atomic E-state index is -0.725. The van der Waals surface area contributed by atoms with Gasteiger partial charge in [-0.1, -0.05) is 47.6 Å². The van der Waals surface area contributed by atoms with Crippen LogP contribution in [-0.2, 0) is 4.74 Å². The molecule has 0 aromatic heterocycles. The third-order valence-corrected chi connectivity index (χ3v) is 4.30. The Morgan fingerprint density at radius 2 is 1.58 bits per heavy atom. The molecule has 9 heteroatoms. The molecule has 0 aliphatic carbocycles. The van der Waals surface area contributed by atoms with Gasteiger partial charge in [-0.25, -0.2) is 4.79 Å². The second kappa shape index (κ2) is 9.79. The van der Waals surface area contributed by atoms with E-state index in [0.29, 0.717) is 5.56 Å². The lowest BCUT2D eigenvalue weighted by Crippen LogP contribution is -2.18. The number of nitrogens with zero attached hydrogens (tertiary/aromatic N) is 2. The molecule has 1 amide bonds. The van der Waals surface area contributed by atoms with Crippen molar-refractivity contribution >= 4 is 29.0 Å². The number of nitro benzene ring substituents is 1. The number of rotatable bonds is 7. The highest BCUT2D eigenvalue weighted by Gasteiger charge is 2.17. The smallest absolute Gasteiger partial charge is 0.340 e. The Balaban J connectivity index is 1.71. The molecule has 0 unspecified atom stereocenters. The normalized spacial score (nSPS) is 10.9. The molecule has 0 saturated heterocycles. The zero-order valence-electron chi connectivity index (χ0n) is 16.1. The van der Waals surface area contributed by atoms with Gasteiger partial charge in [-0.05, 0) is 24.3 Å². The third kappa shape index (κ3) is 5.30. The standard InChI is InChI=1S/C22H17N3O6/c26-21(16-10-12-17(13-11-16)25(29)30)23-19-9-5-4-8-18(19)22(27)31-14-20(24-28)15-6-2-1-3-7-15/h1-13,28H,14H2,(H,23,26)/b24-20-. The van der Waals surface area contributed by atoms with Crippen LogP contribution < -0.4 is 5.32 Å². The average molecular weight is 419 g/mol. The molecule has 0 aliphatic heterocycles. The second-order valence-electron chi connectivity index (χ2n) is 6.29. The molecule has 0 fully saturated rings. The lowest BCUT2D eigenvalue weighted by Gasteiger charge is -2.11. The molecule has 0 bridgehead atoms. The first-order valence-corrected chi connectivity index (χ1v) is 9.08. The van der Waals surface area contributed by atoms with Gasteiger partial charge >= 0.3 is 5.97 Å². The third-order valence-electron chi connectivity index (χ3n) is 4.30. The largest absolute Gasteiger partial charge is 0.455 e. The van der Waals surface area contributed by atoms with E-state index < -0.39 is 16.8 Å². The quantitative estimate of drug-likeness (QED) is 0.196. The zero-order valence-corrected chi connectivity index (χ0v) is 16.1. The summed E-state index contributed by atoms with van der Waals surface area (Å²) in [5.74, 6) is -1.27. The molecular weight excluding hydrogens is 402 g/mol. The Labute approximate surface area is 176 Å². The number of non-ortho nitro benzene ring substituents is 1. The molecule has 9 nitrogen and oxygen atoms in total. The molecular formula is C22H17N3O6. The van der Waals surface area contributed by atoms with E-state index in [2.05, 4.69) is 10.5 Å². The molecule has 2 N–H and O–H groups in total. The second-order valence-corrected chi connectivity index (χ2v) is 6.29. The Bertz CT molecular complexity index is 1130. The van der Waals surface area contributed by atoms with E-state index >= 15 is 0 Å². The van der Waals surface area contributed by atoms with Gasteiger partial charge in [-0.15, -0.1) is 0 Å². The first-order chi connectivity index (χ1) is 15.0. The molecule has 0 radical (unpaired) electrons. The summed E-state index contributed by atoms with van der Waals surface area (Å²) in [6.07, 6.45) is 0. The number of oxime groups is 1. The molecule has 3 aromatic rings. The van der Waals surface area contributed by atoms with Crippen LogP contribution in [0.25, 0.3) is 0 Å². The van der Waals surface area contributed by atoms with Gasteiger partial charge in [0.1, 0.15) is 12.3 Å². The molecule has 3 aromatic carbocycles. The van der Waals surface area contributed by atoms with Gasteiger partial charge in [0, 0.05) is 23.3 Å². The zero-order chi connectivity index (χ0) is 22.2. The molecule has 0 saturated carbocycles. The van der Waals surface area contributed by atoms with Crippen molar-refractivity contribution in [2.24, 2.45) is 5.16 Å². The molecule has 0 spiro atoms. The minimum absolute atomic E-state index is 0.100. The SMILES string of the molecule is O=C(Nc1ccccc1C(=O)OC/C(=N/O)c1ccccc1)c1ccc([N+](=O)[O-])cc1. The van der Waals surface area contributed by atoms with Crippen molar-refractivity contribution in [1.29, 1.82) is 0 Å². The first kappa shape index (κ1) is 21.2. The Morgan fingerprint density at radius 3 is 2.23 bits per heavy atom. The Morgan fingerprint density at radius 1 is 0.935 bits per heavy atom. The van der Waals surface area contributed by atoms with Crippen molar-refractivity contribution in [3.05, 3.63) is 106 Å². The number of hydrogen-bond acceptors (Lipinski definition) is 7. The summed E-state index contributed by atoms with van der Waals surface area (Å²) in [4.78, 5) is 35.2. The van der Waals surface area contributed by atoms with E-state index in [-0.39, 0.29) is 34.8 Å². The molecule has 3 rings (SSSR count). The monoisotopic (exact) mass is 419 g/mol. The van der Waals surface area contributed by atoms with Crippen molar-refractivity contribution in [3.63, 3.8) is 0 Å². The van der Waals surface area contributed by atoms with E-state index in [1.807, 2.05) is 0 Å². The van der Waals surface area contributed by atoms with Gasteiger partial charge in [-0.2, -0.15) is 0 Å². The fourth-order valence-electron chi connectivity index (χ4n) is 2.71. The lowest BCUT2D eigenvalue weighted by atomic mass is 10.1. The van der Waals surface area contributed by atoms with Gasteiger partial charge in [0.05, 0.1) is 16.2 Å². The molecule has 0 aliphatic rings. The summed E-state index contributed by atoms with van der Waals surface area (Å²) in [6, 6.07) is 20.0. The molecule has 156 valence electrons. The number of nitro groups is 1. The summed E-state index contributed by atoms with van der Waals surface area (Å²) < 4.78 is 5.25. The lowest BCUT2D eigenvalue weighted by molar-refractivity contribution is -0.384. The van der Waals surface area contributed by atoms with Crippen molar-refractivity contribution in [3.8, 4) is 0 Å². The predicted molar refractivity (Wildman–Crippen MR) is 113 cm³/mol. The number of nitrogens with one attached hydrogen (secondary N) is 1. The summed E-state index contributed by atoms with van der Waals surface area (Å²) in [5.41, 5.74) is 1.12. The van der Waals surface area contributed by atoms with Crippen molar-refractivity contribution in [1.82, 2.24) is 0 Å². The maximum Gasteiger partial charge on any atom is 0.340 e. The van der Waals surface area contributed by atoms with Crippen LogP contribution in [0.5, 0.6) is 0 Å². The van der Waals surface area contributed by atoms with E-state index in [0.717, 1.165) is 0 Å². The van der Waals surface area contributed by atoms with E-state index in [1.54, 1.807) is 42.5 Å². The number of para-hydroxylation sites is 1. The number of carbonyl (C=O) groups excluding carboxylic acids is 2. The van der Waals surface area contributed by atoms with Crippen LogP contribution in [0.4, 0.5) is 11.4 Å². The minimum Gasteiger partial charge on any atom is -0.455 e. The highest BCUT2D eigenvalue weighted by atomic mass is 16.6. The van der Waals surface area contributed by atoms with Gasteiger partial charge in [0.2, 0.25) is 0 Å². The van der Waals surface area contributed by atoms with Gasteiger partial charge < -0.3 is 15.3 Å². The van der Waals surface area contributed by atoms with Crippen LogP contribution in [0.15, 0.2) is 84.0 Å². The summed E-state index contributed by atoms with van der Waals surface area (Å²) >= 11 is 0. The van der Waals surface area contributed by atoms with Crippen LogP contribution in [0.2, 0.25) is 0 Å². The van der Waals surface area contributed by atoms with E-state index in [4.69, 9.17) is 4.74 Å². The average Bonchev–Trinajstić information content (AvgIpc) is 2.80. The summed E-state index contributed by atoms with van der Waals surface area (Å²) in [5, 5.41) is 25.7. The van der Waals surface area contributed by atoms with Gasteiger partial charge in [0.15, 0.2) is 0 Å². The van der Waals surface area contributed by atoms with Crippen molar-refractivity contribution in [2.75, 3.05) is 11.9 Å². The number of ether oxygens (including phenoxy) is 1. The first-order valence-electron chi connectivity index (χ1n) is 9.08. The van der Waals surface area contributed by atoms with Crippen LogP contribution in [0.1, 0.15) is 26.3 Å². The molecule has 0 atom stereocenters. The Hall–Kier alpha value is -4.53. The number of benzene rings is 3. The van der Waals surface area contributed by atoms with Crippen LogP contribution in [0, 0.1) is 10.1 Å². The van der Waals surface area contributed by atoms with Crippen LogP contribution in [0.3, 0.4) is 0 Å². The molecule has 0 heterocycles. The molecule has 31 heavy (non-hydrogen) atoms. The van der Waals surface area contributed by atoms with E-state index in [9.17, 15) is 24.9 Å². The van der Waals surface area contributed by atoms with Crippen molar-refractivity contribution < 1.29 is 24.5 Å². The highest BCUT2D eigenvalue weighted by molar-refractivity contribution is 6.08. The highest BCUT2D eigenvalue weighted by Crippen LogP contribution is 2.19. The predicted octanol–water partition coefficient (Wildman–Crippen LogP) is 3.88. The Kier molecular flexibility index (Phi) is 6.69. The van der Waals surface area contributed by atoms with Crippen molar-refractivity contribution in [2.45, 2.75) is 0 Å². The number of esters is 1. The number of amides is 1. The maximum absolute atomic E-state index is 12.6. The number of carbonyl (C=O) groups is 2. The number of hydrogen-bond donors (Lipinski definition) is 2.